The van der Waals surface area contributed by atoms with Crippen molar-refractivity contribution in [2.24, 2.45) is 5.92 Å². The molecule has 0 aliphatic carbocycles. The lowest BCUT2D eigenvalue weighted by atomic mass is 9.85. The molecule has 1 amide bonds. The summed E-state index contributed by atoms with van der Waals surface area (Å²) in [6.45, 7) is 4.07. The van der Waals surface area contributed by atoms with Gasteiger partial charge in [0.05, 0.1) is 23.6 Å². The van der Waals surface area contributed by atoms with Crippen LogP contribution in [0.1, 0.15) is 31.7 Å². The van der Waals surface area contributed by atoms with Crippen LogP contribution in [-0.4, -0.2) is 39.8 Å². The van der Waals surface area contributed by atoms with Gasteiger partial charge in [-0.1, -0.05) is 50.6 Å². The highest BCUT2D eigenvalue weighted by atomic mass is 32.2. The van der Waals surface area contributed by atoms with Crippen molar-refractivity contribution in [2.45, 2.75) is 31.1 Å². The fourth-order valence-electron chi connectivity index (χ4n) is 3.00. The number of nitrogens with zero attached hydrogens (tertiary/aromatic N) is 1. The second-order valence-corrected chi connectivity index (χ2v) is 9.06. The van der Waals surface area contributed by atoms with Gasteiger partial charge in [-0.05, 0) is 29.7 Å². The molecule has 0 saturated heterocycles. The van der Waals surface area contributed by atoms with E-state index >= 15 is 0 Å². The van der Waals surface area contributed by atoms with Crippen molar-refractivity contribution in [3.05, 3.63) is 54.1 Å². The number of sulfonamides is 1. The minimum atomic E-state index is -3.63. The molecule has 0 aromatic heterocycles. The average Bonchev–Trinajstić information content (AvgIpc) is 2.68. The Balaban J connectivity index is 2.43. The normalized spacial score (nSPS) is 13.8. The van der Waals surface area contributed by atoms with E-state index in [0.29, 0.717) is 11.4 Å². The van der Waals surface area contributed by atoms with Crippen LogP contribution in [-0.2, 0) is 14.8 Å². The maximum Gasteiger partial charge on any atom is 0.242 e. The molecular weight excluding hydrogens is 376 g/mol. The molecule has 0 bridgehead atoms. The highest BCUT2D eigenvalue weighted by Crippen LogP contribution is 2.32. The summed E-state index contributed by atoms with van der Waals surface area (Å²) >= 11 is 0. The van der Waals surface area contributed by atoms with Crippen LogP contribution in [0.5, 0.6) is 5.75 Å². The van der Waals surface area contributed by atoms with Crippen molar-refractivity contribution >= 4 is 21.6 Å². The topological polar surface area (TPSA) is 75.7 Å². The third kappa shape index (κ3) is 4.72. The van der Waals surface area contributed by atoms with Gasteiger partial charge in [-0.3, -0.25) is 4.79 Å². The zero-order valence-corrected chi connectivity index (χ0v) is 17.8. The first kappa shape index (κ1) is 21.9. The monoisotopic (exact) mass is 404 g/mol. The summed E-state index contributed by atoms with van der Waals surface area (Å²) in [6.07, 6.45) is 0.833. The van der Waals surface area contributed by atoms with Crippen molar-refractivity contribution < 1.29 is 17.9 Å². The van der Waals surface area contributed by atoms with Crippen LogP contribution in [0, 0.1) is 5.92 Å². The number of hydrogen-bond acceptors (Lipinski definition) is 4. The van der Waals surface area contributed by atoms with Crippen LogP contribution in [0.25, 0.3) is 0 Å². The number of carbonyl (C=O) groups excluding carboxylic acids is 1. The Morgan fingerprint density at radius 2 is 1.79 bits per heavy atom. The van der Waals surface area contributed by atoms with Crippen LogP contribution in [0.2, 0.25) is 0 Å². The minimum absolute atomic E-state index is 0.0911. The van der Waals surface area contributed by atoms with E-state index in [2.05, 4.69) is 5.32 Å². The van der Waals surface area contributed by atoms with Crippen molar-refractivity contribution in [2.75, 3.05) is 26.5 Å². The third-order valence-electron chi connectivity index (χ3n) is 4.86. The maximum atomic E-state index is 13.1. The van der Waals surface area contributed by atoms with E-state index in [1.54, 1.807) is 6.07 Å². The number of rotatable bonds is 8. The van der Waals surface area contributed by atoms with Gasteiger partial charge in [-0.25, -0.2) is 12.7 Å². The first-order valence-corrected chi connectivity index (χ1v) is 10.6. The van der Waals surface area contributed by atoms with Gasteiger partial charge in [0.25, 0.3) is 0 Å². The summed E-state index contributed by atoms with van der Waals surface area (Å²) in [5.74, 6) is -0.0348. The first-order valence-electron chi connectivity index (χ1n) is 9.18. The Labute approximate surface area is 167 Å². The second-order valence-electron chi connectivity index (χ2n) is 6.91. The largest absolute Gasteiger partial charge is 0.495 e. The zero-order valence-electron chi connectivity index (χ0n) is 17.0. The standard InChI is InChI=1S/C21H28N2O4S/c1-6-15(2)20(16-10-8-7-9-11-16)21(24)22-18-14-17(12-13-19(18)27-5)28(25,26)23(3)4/h7-15,20H,6H2,1-5H3,(H,22,24)/t15-,20-/m0/s1. The number of nitrogens with one attached hydrogen (secondary N) is 1. The van der Waals surface area contributed by atoms with Crippen molar-refractivity contribution in [1.82, 2.24) is 4.31 Å². The Morgan fingerprint density at radius 3 is 2.32 bits per heavy atom. The highest BCUT2D eigenvalue weighted by Gasteiger charge is 2.27. The van der Waals surface area contributed by atoms with Gasteiger partial charge < -0.3 is 10.1 Å². The molecule has 0 aliphatic heterocycles. The molecule has 0 saturated carbocycles. The fourth-order valence-corrected chi connectivity index (χ4v) is 3.93. The lowest BCUT2D eigenvalue weighted by Gasteiger charge is -2.23. The van der Waals surface area contributed by atoms with Crippen LogP contribution < -0.4 is 10.1 Å². The fraction of sp³-hybridized carbons (Fsp3) is 0.381. The van der Waals surface area contributed by atoms with E-state index < -0.39 is 10.0 Å². The van der Waals surface area contributed by atoms with Crippen LogP contribution in [0.15, 0.2) is 53.4 Å². The lowest BCUT2D eigenvalue weighted by molar-refractivity contribution is -0.118. The van der Waals surface area contributed by atoms with Crippen molar-refractivity contribution in [3.63, 3.8) is 0 Å². The molecule has 2 aromatic rings. The lowest BCUT2D eigenvalue weighted by Crippen LogP contribution is -2.27. The Kier molecular flexibility index (Phi) is 7.21. The highest BCUT2D eigenvalue weighted by molar-refractivity contribution is 7.89. The Morgan fingerprint density at radius 1 is 1.14 bits per heavy atom. The van der Waals surface area contributed by atoms with Gasteiger partial charge in [0.15, 0.2) is 0 Å². The molecular formula is C21H28N2O4S. The molecule has 7 heteroatoms. The number of amides is 1. The predicted octanol–water partition coefficient (Wildman–Crippen LogP) is 3.71. The minimum Gasteiger partial charge on any atom is -0.495 e. The van der Waals surface area contributed by atoms with Crippen molar-refractivity contribution in [3.8, 4) is 5.75 Å². The number of carbonyl (C=O) groups is 1. The molecule has 2 aromatic carbocycles. The average molecular weight is 405 g/mol. The first-order chi connectivity index (χ1) is 13.2. The maximum absolute atomic E-state index is 13.1. The van der Waals surface area contributed by atoms with Gasteiger partial charge in [-0.2, -0.15) is 0 Å². The SMILES string of the molecule is CC[C@H](C)[C@H](C(=O)Nc1cc(S(=O)(=O)N(C)C)ccc1OC)c1ccccc1. The number of hydrogen-bond donors (Lipinski definition) is 1. The number of ether oxygens (including phenoxy) is 1. The van der Waals surface area contributed by atoms with Gasteiger partial charge in [-0.15, -0.1) is 0 Å². The molecule has 6 nitrogen and oxygen atoms in total. The van der Waals surface area contributed by atoms with Gasteiger partial charge >= 0.3 is 0 Å². The molecule has 1 N–H and O–H groups in total. The number of anilines is 1. The van der Waals surface area contributed by atoms with Gasteiger partial charge in [0, 0.05) is 14.1 Å². The number of methoxy groups -OCH3 is 1. The van der Waals surface area contributed by atoms with E-state index in [0.717, 1.165) is 16.3 Å². The van der Waals surface area contributed by atoms with E-state index in [-0.39, 0.29) is 22.6 Å². The Hall–Kier alpha value is -2.38. The third-order valence-corrected chi connectivity index (χ3v) is 6.67. The molecule has 2 rings (SSSR count). The molecule has 2 atom stereocenters. The molecule has 0 unspecified atom stereocenters. The molecule has 0 spiro atoms. The number of benzene rings is 2. The van der Waals surface area contributed by atoms with Crippen LogP contribution >= 0.6 is 0 Å². The van der Waals surface area contributed by atoms with Gasteiger partial charge in [0.2, 0.25) is 15.9 Å². The smallest absolute Gasteiger partial charge is 0.242 e. The van der Waals surface area contributed by atoms with E-state index in [4.69, 9.17) is 4.74 Å². The summed E-state index contributed by atoms with van der Waals surface area (Å²) < 4.78 is 31.4. The van der Waals surface area contributed by atoms with E-state index in [1.165, 1.54) is 33.3 Å². The summed E-state index contributed by atoms with van der Waals surface area (Å²) in [7, 11) is 0.782. The quantitative estimate of drug-likeness (QED) is 0.728. The van der Waals surface area contributed by atoms with Crippen molar-refractivity contribution in [1.29, 1.82) is 0 Å². The van der Waals surface area contributed by atoms with Crippen LogP contribution in [0.4, 0.5) is 5.69 Å². The second kappa shape index (κ2) is 9.21. The zero-order chi connectivity index (χ0) is 20.9. The molecule has 152 valence electrons. The molecule has 28 heavy (non-hydrogen) atoms. The van der Waals surface area contributed by atoms with Crippen LogP contribution in [0.3, 0.4) is 0 Å². The molecule has 0 radical (unpaired) electrons. The predicted molar refractivity (Wildman–Crippen MR) is 111 cm³/mol. The molecule has 0 aliphatic rings. The van der Waals surface area contributed by atoms with E-state index in [9.17, 15) is 13.2 Å². The summed E-state index contributed by atoms with van der Waals surface area (Å²) in [4.78, 5) is 13.2. The summed E-state index contributed by atoms with van der Waals surface area (Å²) in [6, 6.07) is 14.0. The van der Waals surface area contributed by atoms with Gasteiger partial charge in [0.1, 0.15) is 5.75 Å². The van der Waals surface area contributed by atoms with E-state index in [1.807, 2.05) is 44.2 Å². The molecule has 0 fully saturated rings. The summed E-state index contributed by atoms with van der Waals surface area (Å²) in [5.41, 5.74) is 1.25. The summed E-state index contributed by atoms with van der Waals surface area (Å²) in [5, 5.41) is 2.88. The molecule has 0 heterocycles. The Bertz CT molecular complexity index is 911.